The average molecular weight is 125 g/mol. The summed E-state index contributed by atoms with van der Waals surface area (Å²) in [6.07, 6.45) is 4.62. The molecule has 0 aliphatic carbocycles. The molecule has 0 fully saturated rings. The first-order valence-electron chi connectivity index (χ1n) is 3.20. The highest BCUT2D eigenvalue weighted by Gasteiger charge is 1.99. The molecule has 1 aliphatic heterocycles. The molecule has 0 saturated heterocycles. The first kappa shape index (κ1) is 6.42. The molecule has 1 aliphatic rings. The lowest BCUT2D eigenvalue weighted by Gasteiger charge is -2.09. The largest absolute Gasteiger partial charge is 0.277 e. The van der Waals surface area contributed by atoms with E-state index in [1.807, 2.05) is 19.4 Å². The van der Waals surface area contributed by atoms with Gasteiger partial charge in [-0.25, -0.2) is 0 Å². The van der Waals surface area contributed by atoms with Gasteiger partial charge in [0.05, 0.1) is 0 Å². The summed E-state index contributed by atoms with van der Waals surface area (Å²) < 4.78 is 0. The van der Waals surface area contributed by atoms with E-state index in [1.54, 1.807) is 0 Å². The number of hydrogen-bond acceptors (Lipinski definition) is 3. The van der Waals surface area contributed by atoms with Crippen LogP contribution < -0.4 is 5.32 Å². The van der Waals surface area contributed by atoms with Crippen molar-refractivity contribution in [1.29, 1.82) is 0 Å². The van der Waals surface area contributed by atoms with E-state index >= 15 is 0 Å². The summed E-state index contributed by atoms with van der Waals surface area (Å²) in [5.41, 5.74) is 0. The van der Waals surface area contributed by atoms with Crippen LogP contribution in [0.2, 0.25) is 0 Å². The third-order valence-corrected chi connectivity index (χ3v) is 1.09. The summed E-state index contributed by atoms with van der Waals surface area (Å²) in [6, 6.07) is 0. The van der Waals surface area contributed by atoms with Crippen molar-refractivity contribution in [2.24, 2.45) is 9.98 Å². The van der Waals surface area contributed by atoms with Gasteiger partial charge in [0, 0.05) is 18.9 Å². The maximum Gasteiger partial charge on any atom is 0.192 e. The maximum atomic E-state index is 4.09. The predicted molar refractivity (Wildman–Crippen MR) is 39.1 cm³/mol. The highest BCUT2D eigenvalue weighted by atomic mass is 15.2. The van der Waals surface area contributed by atoms with Crippen molar-refractivity contribution in [3.63, 3.8) is 0 Å². The van der Waals surface area contributed by atoms with E-state index in [4.69, 9.17) is 0 Å². The molecule has 0 unspecified atom stereocenters. The van der Waals surface area contributed by atoms with Gasteiger partial charge in [-0.2, -0.15) is 0 Å². The van der Waals surface area contributed by atoms with Crippen molar-refractivity contribution in [3.8, 4) is 0 Å². The van der Waals surface area contributed by atoms with Gasteiger partial charge >= 0.3 is 0 Å². The molecule has 0 aromatic heterocycles. The van der Waals surface area contributed by atoms with Gasteiger partial charge in [0.25, 0.3) is 0 Å². The molecule has 1 rings (SSSR count). The van der Waals surface area contributed by atoms with E-state index < -0.39 is 0 Å². The van der Waals surface area contributed by atoms with Crippen LogP contribution in [0.4, 0.5) is 0 Å². The van der Waals surface area contributed by atoms with Crippen molar-refractivity contribution >= 4 is 12.4 Å². The Morgan fingerprint density at radius 1 is 1.56 bits per heavy atom. The fourth-order valence-electron chi connectivity index (χ4n) is 0.695. The molecule has 0 spiro atoms. The zero-order valence-corrected chi connectivity index (χ0v) is 5.54. The molecule has 1 N–H and O–H groups in total. The van der Waals surface area contributed by atoms with Crippen LogP contribution in [0.5, 0.6) is 0 Å². The fourth-order valence-corrected chi connectivity index (χ4v) is 0.695. The molecular formula is C6H11N3. The average Bonchev–Trinajstić information content (AvgIpc) is 1.91. The van der Waals surface area contributed by atoms with Crippen LogP contribution in [-0.2, 0) is 0 Å². The molecule has 50 valence electrons. The van der Waals surface area contributed by atoms with E-state index in [-0.39, 0.29) is 6.29 Å². The smallest absolute Gasteiger partial charge is 0.192 e. The monoisotopic (exact) mass is 125 g/mol. The summed E-state index contributed by atoms with van der Waals surface area (Å²) in [4.78, 5) is 8.17. The highest BCUT2D eigenvalue weighted by molar-refractivity contribution is 5.80. The van der Waals surface area contributed by atoms with E-state index in [2.05, 4.69) is 15.3 Å². The Morgan fingerprint density at radius 2 is 2.22 bits per heavy atom. The molecule has 9 heavy (non-hydrogen) atoms. The topological polar surface area (TPSA) is 36.8 Å². The Bertz CT molecular complexity index is 116. The van der Waals surface area contributed by atoms with Gasteiger partial charge in [0.2, 0.25) is 0 Å². The summed E-state index contributed by atoms with van der Waals surface area (Å²) in [5, 5.41) is 3.09. The molecular weight excluding hydrogens is 114 g/mol. The van der Waals surface area contributed by atoms with Crippen molar-refractivity contribution in [2.45, 2.75) is 19.6 Å². The lowest BCUT2D eigenvalue weighted by atomic mass is 10.5. The van der Waals surface area contributed by atoms with Gasteiger partial charge in [-0.05, 0) is 6.54 Å². The zero-order chi connectivity index (χ0) is 6.53. The second-order valence-electron chi connectivity index (χ2n) is 1.83. The van der Waals surface area contributed by atoms with Crippen LogP contribution in [0, 0.1) is 0 Å². The minimum absolute atomic E-state index is 0.0104. The van der Waals surface area contributed by atoms with Gasteiger partial charge in [0.15, 0.2) is 6.29 Å². The molecule has 3 nitrogen and oxygen atoms in total. The summed E-state index contributed by atoms with van der Waals surface area (Å²) >= 11 is 0. The predicted octanol–water partition coefficient (Wildman–Crippen LogP) is 0.425. The lowest BCUT2D eigenvalue weighted by Crippen LogP contribution is -2.26. The number of nitrogens with zero attached hydrogens (tertiary/aromatic N) is 2. The Morgan fingerprint density at radius 3 is 2.78 bits per heavy atom. The maximum absolute atomic E-state index is 4.09. The molecule has 1 heterocycles. The second kappa shape index (κ2) is 3.35. The summed E-state index contributed by atoms with van der Waals surface area (Å²) in [6.45, 7) is 2.96. The Hall–Kier alpha value is -0.700. The van der Waals surface area contributed by atoms with Crippen LogP contribution in [-0.4, -0.2) is 25.3 Å². The summed E-state index contributed by atoms with van der Waals surface area (Å²) in [5.74, 6) is 0. The Balaban J connectivity index is 2.31. The SMILES string of the molecule is CCNC1N=CCC=N1. The van der Waals surface area contributed by atoms with Gasteiger partial charge in [-0.15, -0.1) is 0 Å². The van der Waals surface area contributed by atoms with Crippen LogP contribution in [0.15, 0.2) is 9.98 Å². The zero-order valence-electron chi connectivity index (χ0n) is 5.54. The second-order valence-corrected chi connectivity index (χ2v) is 1.83. The number of hydrogen-bond donors (Lipinski definition) is 1. The molecule has 0 amide bonds. The van der Waals surface area contributed by atoms with Crippen LogP contribution in [0.3, 0.4) is 0 Å². The number of rotatable bonds is 2. The van der Waals surface area contributed by atoms with Gasteiger partial charge in [0.1, 0.15) is 0 Å². The van der Waals surface area contributed by atoms with Crippen molar-refractivity contribution in [2.75, 3.05) is 6.54 Å². The van der Waals surface area contributed by atoms with Crippen LogP contribution >= 0.6 is 0 Å². The highest BCUT2D eigenvalue weighted by Crippen LogP contribution is 1.91. The van der Waals surface area contributed by atoms with Crippen molar-refractivity contribution < 1.29 is 0 Å². The normalized spacial score (nSPS) is 18.8. The van der Waals surface area contributed by atoms with E-state index in [0.29, 0.717) is 0 Å². The van der Waals surface area contributed by atoms with E-state index in [9.17, 15) is 0 Å². The summed E-state index contributed by atoms with van der Waals surface area (Å²) in [7, 11) is 0. The Labute approximate surface area is 54.9 Å². The molecule has 0 bridgehead atoms. The minimum Gasteiger partial charge on any atom is -0.277 e. The lowest BCUT2D eigenvalue weighted by molar-refractivity contribution is 0.569. The minimum atomic E-state index is -0.0104. The van der Waals surface area contributed by atoms with E-state index in [0.717, 1.165) is 13.0 Å². The third-order valence-electron chi connectivity index (χ3n) is 1.09. The molecule has 3 heteroatoms. The van der Waals surface area contributed by atoms with Crippen molar-refractivity contribution in [3.05, 3.63) is 0 Å². The fraction of sp³-hybridized carbons (Fsp3) is 0.667. The molecule has 0 radical (unpaired) electrons. The third kappa shape index (κ3) is 1.93. The molecule has 0 aromatic carbocycles. The number of aliphatic imine (C=N–C) groups is 2. The van der Waals surface area contributed by atoms with Crippen LogP contribution in [0.25, 0.3) is 0 Å². The Kier molecular flexibility index (Phi) is 2.39. The molecule has 0 aromatic rings. The van der Waals surface area contributed by atoms with Gasteiger partial charge in [-0.1, -0.05) is 6.92 Å². The first-order valence-corrected chi connectivity index (χ1v) is 3.20. The van der Waals surface area contributed by atoms with Gasteiger partial charge in [-0.3, -0.25) is 15.3 Å². The van der Waals surface area contributed by atoms with Crippen LogP contribution in [0.1, 0.15) is 13.3 Å². The van der Waals surface area contributed by atoms with Gasteiger partial charge < -0.3 is 0 Å². The quantitative estimate of drug-likeness (QED) is 0.570. The standard InChI is InChI=1S/C6H11N3/c1-2-7-6-8-4-3-5-9-6/h4-7H,2-3H2,1H3. The van der Waals surface area contributed by atoms with E-state index in [1.165, 1.54) is 0 Å². The van der Waals surface area contributed by atoms with Crippen molar-refractivity contribution in [1.82, 2.24) is 5.32 Å². The molecule has 0 atom stereocenters. The molecule has 0 saturated carbocycles. The first-order chi connectivity index (χ1) is 4.43. The number of nitrogens with one attached hydrogen (secondary N) is 1.